The predicted octanol–water partition coefficient (Wildman–Crippen LogP) is 18.3. The van der Waals surface area contributed by atoms with Crippen molar-refractivity contribution in [1.82, 2.24) is 0 Å². The topological polar surface area (TPSA) is 29.5 Å². The van der Waals surface area contributed by atoms with E-state index in [0.29, 0.717) is 0 Å². The lowest BCUT2D eigenvalue weighted by Gasteiger charge is -2.26. The van der Waals surface area contributed by atoms with Gasteiger partial charge in [0.05, 0.1) is 0 Å². The summed E-state index contributed by atoms with van der Waals surface area (Å²) in [5.74, 6) is 0. The Labute approximate surface area is 383 Å². The van der Waals surface area contributed by atoms with Crippen molar-refractivity contribution in [2.45, 2.75) is 6.92 Å². The number of allylic oxidation sites excluding steroid dienone is 1. The Hall–Kier alpha value is -8.66. The molecule has 3 heteroatoms. The lowest BCUT2D eigenvalue weighted by Crippen LogP contribution is -2.09. The highest BCUT2D eigenvalue weighted by atomic mass is 16.3. The first-order valence-electron chi connectivity index (χ1n) is 22.4. The van der Waals surface area contributed by atoms with Crippen LogP contribution in [0.25, 0.3) is 105 Å². The number of para-hydroxylation sites is 4. The summed E-state index contributed by atoms with van der Waals surface area (Å²) in [5.41, 5.74) is 20.2. The van der Waals surface area contributed by atoms with Crippen molar-refractivity contribution in [3.05, 3.63) is 243 Å². The molecule has 312 valence electrons. The SMILES string of the molecule is C=C(C)c1ccc(-c2cc(-c3ccccc3)cc(-c3ccc(N(c4ccc(-c5cccc6c5oc5ccccc56)cc4)c4ccc(-c5cccc6c5oc5ccccc56)cc4)cc3)c2)cc1. The Kier molecular flexibility index (Phi) is 9.54. The van der Waals surface area contributed by atoms with Crippen molar-refractivity contribution in [2.75, 3.05) is 4.90 Å². The van der Waals surface area contributed by atoms with E-state index in [2.05, 4.69) is 218 Å². The second-order valence-corrected chi connectivity index (χ2v) is 17.1. The zero-order chi connectivity index (χ0) is 44.1. The van der Waals surface area contributed by atoms with Crippen LogP contribution in [0.5, 0.6) is 0 Å². The van der Waals surface area contributed by atoms with Gasteiger partial charge >= 0.3 is 0 Å². The molecule has 3 nitrogen and oxygen atoms in total. The molecule has 0 saturated heterocycles. The summed E-state index contributed by atoms with van der Waals surface area (Å²) in [7, 11) is 0. The Morgan fingerprint density at radius 3 is 1.14 bits per heavy atom. The number of hydrogen-bond acceptors (Lipinski definition) is 3. The summed E-state index contributed by atoms with van der Waals surface area (Å²) in [6.07, 6.45) is 0. The smallest absolute Gasteiger partial charge is 0.143 e. The van der Waals surface area contributed by atoms with Gasteiger partial charge in [-0.25, -0.2) is 0 Å². The normalized spacial score (nSPS) is 11.5. The molecule has 12 aromatic rings. The van der Waals surface area contributed by atoms with E-state index in [4.69, 9.17) is 8.83 Å². The number of nitrogens with zero attached hydrogens (tertiary/aromatic N) is 1. The van der Waals surface area contributed by atoms with Gasteiger partial charge in [-0.15, -0.1) is 0 Å². The number of benzene rings is 10. The molecule has 0 amide bonds. The second-order valence-electron chi connectivity index (χ2n) is 17.1. The maximum absolute atomic E-state index is 6.45. The van der Waals surface area contributed by atoms with Gasteiger partial charge in [0.15, 0.2) is 0 Å². The van der Waals surface area contributed by atoms with Gasteiger partial charge in [0, 0.05) is 49.7 Å². The Balaban J connectivity index is 0.947. The highest BCUT2D eigenvalue weighted by molar-refractivity contribution is 6.10. The average molecular weight is 846 g/mol. The van der Waals surface area contributed by atoms with E-state index in [-0.39, 0.29) is 0 Å². The van der Waals surface area contributed by atoms with Crippen LogP contribution in [0.4, 0.5) is 17.1 Å². The molecule has 0 aliphatic carbocycles. The first kappa shape index (κ1) is 39.0. The van der Waals surface area contributed by atoms with Crippen molar-refractivity contribution in [3.63, 3.8) is 0 Å². The fraction of sp³-hybridized carbons (Fsp3) is 0.0159. The van der Waals surface area contributed by atoms with E-state index in [9.17, 15) is 0 Å². The lowest BCUT2D eigenvalue weighted by atomic mass is 9.92. The number of anilines is 3. The van der Waals surface area contributed by atoms with Crippen molar-refractivity contribution in [2.24, 2.45) is 0 Å². The van der Waals surface area contributed by atoms with E-state index in [1.165, 1.54) is 22.3 Å². The third-order valence-electron chi connectivity index (χ3n) is 12.9. The molecule has 2 heterocycles. The van der Waals surface area contributed by atoms with Gasteiger partial charge in [0.25, 0.3) is 0 Å². The number of hydrogen-bond donors (Lipinski definition) is 0. The third kappa shape index (κ3) is 6.95. The van der Waals surface area contributed by atoms with Crippen molar-refractivity contribution < 1.29 is 8.83 Å². The molecule has 0 spiro atoms. The van der Waals surface area contributed by atoms with Crippen molar-refractivity contribution in [1.29, 1.82) is 0 Å². The number of fused-ring (bicyclic) bond motifs is 6. The summed E-state index contributed by atoms with van der Waals surface area (Å²) in [4.78, 5) is 2.33. The van der Waals surface area contributed by atoms with Crippen LogP contribution in [-0.4, -0.2) is 0 Å². The summed E-state index contributed by atoms with van der Waals surface area (Å²) < 4.78 is 12.9. The highest BCUT2D eigenvalue weighted by Gasteiger charge is 2.18. The van der Waals surface area contributed by atoms with E-state index >= 15 is 0 Å². The molecule has 0 atom stereocenters. The number of rotatable bonds is 9. The van der Waals surface area contributed by atoms with Crippen LogP contribution in [0.1, 0.15) is 12.5 Å². The number of furan rings is 2. The van der Waals surface area contributed by atoms with Gasteiger partial charge in [0.1, 0.15) is 22.3 Å². The first-order valence-corrected chi connectivity index (χ1v) is 22.4. The minimum atomic E-state index is 0.895. The van der Waals surface area contributed by atoms with Gasteiger partial charge in [-0.3, -0.25) is 0 Å². The second kappa shape index (κ2) is 16.2. The van der Waals surface area contributed by atoms with Crippen LogP contribution < -0.4 is 4.90 Å². The zero-order valence-electron chi connectivity index (χ0n) is 36.4. The Morgan fingerprint density at radius 1 is 0.333 bits per heavy atom. The molecular weight excluding hydrogens is 803 g/mol. The summed E-state index contributed by atoms with van der Waals surface area (Å²) in [5, 5.41) is 4.49. The highest BCUT2D eigenvalue weighted by Crippen LogP contribution is 2.42. The molecule has 0 bridgehead atoms. The molecule has 12 rings (SSSR count). The van der Waals surface area contributed by atoms with Crippen molar-refractivity contribution in [3.8, 4) is 55.6 Å². The van der Waals surface area contributed by atoms with E-state index < -0.39 is 0 Å². The summed E-state index contributed by atoms with van der Waals surface area (Å²) >= 11 is 0. The van der Waals surface area contributed by atoms with Crippen LogP contribution in [0.3, 0.4) is 0 Å². The molecular formula is C63H43NO2. The molecule has 66 heavy (non-hydrogen) atoms. The van der Waals surface area contributed by atoms with Gasteiger partial charge < -0.3 is 13.7 Å². The van der Waals surface area contributed by atoms with Crippen LogP contribution >= 0.6 is 0 Å². The molecule has 0 aliphatic rings. The maximum atomic E-state index is 6.45. The third-order valence-corrected chi connectivity index (χ3v) is 12.9. The van der Waals surface area contributed by atoms with E-state index in [0.717, 1.165) is 105 Å². The van der Waals surface area contributed by atoms with Crippen LogP contribution in [0, 0.1) is 0 Å². The Bertz CT molecular complexity index is 3590. The first-order chi connectivity index (χ1) is 32.5. The fourth-order valence-electron chi connectivity index (χ4n) is 9.48. The zero-order valence-corrected chi connectivity index (χ0v) is 36.4. The molecule has 2 aromatic heterocycles. The molecule has 0 saturated carbocycles. The monoisotopic (exact) mass is 845 g/mol. The predicted molar refractivity (Wildman–Crippen MR) is 278 cm³/mol. The molecule has 0 N–H and O–H groups in total. The quantitative estimate of drug-likeness (QED) is 0.145. The fourth-order valence-corrected chi connectivity index (χ4v) is 9.48. The van der Waals surface area contributed by atoms with Gasteiger partial charge in [-0.05, 0) is 124 Å². The Morgan fingerprint density at radius 2 is 0.697 bits per heavy atom. The standard InChI is InChI=1S/C63H43NO2/c1-41(2)42-22-24-44(25-23-42)49-38-48(43-12-4-3-5-13-43)39-50(40-49)45-26-32-51(33-27-45)64(52-34-28-46(29-35-52)54-16-10-18-58-56-14-6-8-20-60(56)65-62(54)58)53-36-30-47(31-37-53)55-17-11-19-59-57-15-7-9-21-61(57)66-63(55)59/h3-40H,1H2,2H3. The van der Waals surface area contributed by atoms with Gasteiger partial charge in [-0.1, -0.05) is 176 Å². The van der Waals surface area contributed by atoms with Crippen molar-refractivity contribution >= 4 is 66.5 Å². The van der Waals surface area contributed by atoms with Gasteiger partial charge in [0.2, 0.25) is 0 Å². The minimum absolute atomic E-state index is 0.895. The van der Waals surface area contributed by atoms with E-state index in [1.54, 1.807) is 0 Å². The maximum Gasteiger partial charge on any atom is 0.143 e. The minimum Gasteiger partial charge on any atom is -0.455 e. The molecule has 10 aromatic carbocycles. The largest absolute Gasteiger partial charge is 0.455 e. The molecule has 0 aliphatic heterocycles. The molecule has 0 unspecified atom stereocenters. The van der Waals surface area contributed by atoms with Gasteiger partial charge in [-0.2, -0.15) is 0 Å². The van der Waals surface area contributed by atoms with Crippen LogP contribution in [-0.2, 0) is 0 Å². The lowest BCUT2D eigenvalue weighted by molar-refractivity contribution is 0.669. The summed E-state index contributed by atoms with van der Waals surface area (Å²) in [6, 6.07) is 82.2. The van der Waals surface area contributed by atoms with Crippen LogP contribution in [0.2, 0.25) is 0 Å². The molecule has 0 radical (unpaired) electrons. The van der Waals surface area contributed by atoms with Crippen LogP contribution in [0.15, 0.2) is 246 Å². The van der Waals surface area contributed by atoms with E-state index in [1.807, 2.05) is 31.2 Å². The molecule has 0 fully saturated rings. The average Bonchev–Trinajstić information content (AvgIpc) is 3.96. The summed E-state index contributed by atoms with van der Waals surface area (Å²) in [6.45, 7) is 6.20.